The first-order valence-corrected chi connectivity index (χ1v) is 10.6. The summed E-state index contributed by atoms with van der Waals surface area (Å²) in [6.45, 7) is 3.30. The van der Waals surface area contributed by atoms with Gasteiger partial charge in [-0.3, -0.25) is 9.59 Å². The van der Waals surface area contributed by atoms with Crippen molar-refractivity contribution in [1.82, 2.24) is 5.32 Å². The summed E-state index contributed by atoms with van der Waals surface area (Å²) in [4.78, 5) is 26.0. The van der Waals surface area contributed by atoms with Crippen LogP contribution in [0.4, 0.5) is 5.69 Å². The van der Waals surface area contributed by atoms with E-state index in [9.17, 15) is 9.59 Å². The molecule has 1 saturated heterocycles. The van der Waals surface area contributed by atoms with Crippen molar-refractivity contribution in [3.05, 3.63) is 59.7 Å². The van der Waals surface area contributed by atoms with Gasteiger partial charge in [-0.05, 0) is 44.0 Å². The number of nitrogens with one attached hydrogen (secondary N) is 2. The third-order valence-corrected chi connectivity index (χ3v) is 5.59. The predicted octanol–water partition coefficient (Wildman–Crippen LogP) is 4.02. The number of amides is 2. The van der Waals surface area contributed by atoms with E-state index in [1.54, 1.807) is 30.0 Å². The first kappa shape index (κ1) is 20.4. The maximum atomic E-state index is 12.5. The normalized spacial score (nSPS) is 16.0. The number of ether oxygens (including phenoxy) is 1. The fourth-order valence-electron chi connectivity index (χ4n) is 3.01. The number of thioether (sulfide) groups is 1. The lowest BCUT2D eigenvalue weighted by Gasteiger charge is -2.13. The van der Waals surface area contributed by atoms with Crippen molar-refractivity contribution in [2.24, 2.45) is 0 Å². The van der Waals surface area contributed by atoms with Crippen molar-refractivity contribution >= 4 is 29.3 Å². The summed E-state index contributed by atoms with van der Waals surface area (Å²) in [7, 11) is 0. The summed E-state index contributed by atoms with van der Waals surface area (Å²) < 4.78 is 5.53. The Hall–Kier alpha value is -2.31. The highest BCUT2D eigenvalue weighted by Crippen LogP contribution is 2.20. The third-order valence-electron chi connectivity index (χ3n) is 4.58. The Bertz CT molecular complexity index is 802. The van der Waals surface area contributed by atoms with Gasteiger partial charge >= 0.3 is 0 Å². The van der Waals surface area contributed by atoms with E-state index < -0.39 is 0 Å². The van der Waals surface area contributed by atoms with Gasteiger partial charge in [-0.1, -0.05) is 29.8 Å². The fourth-order valence-corrected chi connectivity index (χ4v) is 3.86. The highest BCUT2D eigenvalue weighted by molar-refractivity contribution is 7.99. The number of aryl methyl sites for hydroxylation is 1. The fraction of sp³-hybridized carbons (Fsp3) is 0.364. The topological polar surface area (TPSA) is 67.4 Å². The number of hydrogen-bond donors (Lipinski definition) is 2. The van der Waals surface area contributed by atoms with Gasteiger partial charge in [0, 0.05) is 30.2 Å². The molecule has 0 spiro atoms. The zero-order chi connectivity index (χ0) is 19.8. The van der Waals surface area contributed by atoms with Crippen LogP contribution in [0, 0.1) is 6.92 Å². The van der Waals surface area contributed by atoms with Crippen LogP contribution >= 0.6 is 11.8 Å². The number of anilines is 1. The Morgan fingerprint density at radius 3 is 2.68 bits per heavy atom. The zero-order valence-corrected chi connectivity index (χ0v) is 16.9. The second-order valence-corrected chi connectivity index (χ2v) is 8.02. The Balaban J connectivity index is 1.49. The van der Waals surface area contributed by atoms with Crippen LogP contribution in [-0.4, -0.2) is 36.8 Å². The van der Waals surface area contributed by atoms with E-state index in [2.05, 4.69) is 41.8 Å². The monoisotopic (exact) mass is 398 g/mol. The molecule has 3 rings (SSSR count). The zero-order valence-electron chi connectivity index (χ0n) is 16.1. The summed E-state index contributed by atoms with van der Waals surface area (Å²) >= 11 is 1.65. The van der Waals surface area contributed by atoms with Crippen LogP contribution < -0.4 is 10.6 Å². The second kappa shape index (κ2) is 10.3. The number of benzene rings is 2. The molecule has 1 atom stereocenters. The maximum absolute atomic E-state index is 12.5. The van der Waals surface area contributed by atoms with Gasteiger partial charge < -0.3 is 15.4 Å². The van der Waals surface area contributed by atoms with Crippen molar-refractivity contribution in [2.75, 3.05) is 24.2 Å². The number of hydrogen-bond acceptors (Lipinski definition) is 4. The van der Waals surface area contributed by atoms with Gasteiger partial charge in [0.2, 0.25) is 5.91 Å². The third kappa shape index (κ3) is 6.11. The van der Waals surface area contributed by atoms with Crippen molar-refractivity contribution in [1.29, 1.82) is 0 Å². The van der Waals surface area contributed by atoms with Crippen LogP contribution in [0.3, 0.4) is 0 Å². The minimum Gasteiger partial charge on any atom is -0.376 e. The SMILES string of the molecule is Cc1ccc(SCCC(=O)Nc2ccccc2C(=O)NCC2CCCO2)cc1. The molecule has 0 aromatic heterocycles. The average molecular weight is 399 g/mol. The van der Waals surface area contributed by atoms with Crippen LogP contribution in [0.15, 0.2) is 53.4 Å². The first-order chi connectivity index (χ1) is 13.6. The van der Waals surface area contributed by atoms with Gasteiger partial charge in [-0.2, -0.15) is 0 Å². The minimum atomic E-state index is -0.194. The molecule has 1 aliphatic heterocycles. The lowest BCUT2D eigenvalue weighted by molar-refractivity contribution is -0.115. The molecule has 2 aromatic rings. The molecule has 1 heterocycles. The highest BCUT2D eigenvalue weighted by Gasteiger charge is 2.18. The standard InChI is InChI=1S/C22H26N2O3S/c1-16-8-10-18(11-9-16)28-14-12-21(25)24-20-7-3-2-6-19(20)22(26)23-15-17-5-4-13-27-17/h2-3,6-11,17H,4-5,12-15H2,1H3,(H,23,26)(H,24,25). The quantitative estimate of drug-likeness (QED) is 0.659. The predicted molar refractivity (Wildman–Crippen MR) is 113 cm³/mol. The Kier molecular flexibility index (Phi) is 7.51. The summed E-state index contributed by atoms with van der Waals surface area (Å²) in [5.74, 6) is 0.391. The summed E-state index contributed by atoms with van der Waals surface area (Å²) in [5.41, 5.74) is 2.23. The smallest absolute Gasteiger partial charge is 0.253 e. The summed E-state index contributed by atoms with van der Waals surface area (Å²) in [5, 5.41) is 5.77. The Labute approximate surface area is 170 Å². The lowest BCUT2D eigenvalue weighted by atomic mass is 10.1. The van der Waals surface area contributed by atoms with E-state index in [1.165, 1.54) is 5.56 Å². The Morgan fingerprint density at radius 2 is 1.93 bits per heavy atom. The molecule has 0 aliphatic carbocycles. The average Bonchev–Trinajstić information content (AvgIpc) is 3.22. The van der Waals surface area contributed by atoms with Gasteiger partial charge in [0.15, 0.2) is 0 Å². The van der Waals surface area contributed by atoms with Crippen molar-refractivity contribution in [2.45, 2.75) is 37.2 Å². The highest BCUT2D eigenvalue weighted by atomic mass is 32.2. The van der Waals surface area contributed by atoms with Crippen molar-refractivity contribution in [3.8, 4) is 0 Å². The lowest BCUT2D eigenvalue weighted by Crippen LogP contribution is -2.32. The number of rotatable bonds is 8. The molecule has 2 amide bonds. The molecule has 0 bridgehead atoms. The van der Waals surface area contributed by atoms with Gasteiger partial charge in [0.1, 0.15) is 0 Å². The van der Waals surface area contributed by atoms with Crippen LogP contribution in [0.5, 0.6) is 0 Å². The molecular formula is C22H26N2O3S. The molecule has 2 aromatic carbocycles. The van der Waals surface area contributed by atoms with Gasteiger partial charge in [0.05, 0.1) is 17.4 Å². The van der Waals surface area contributed by atoms with E-state index in [0.29, 0.717) is 30.0 Å². The van der Waals surface area contributed by atoms with E-state index >= 15 is 0 Å². The van der Waals surface area contributed by atoms with E-state index in [1.807, 2.05) is 6.07 Å². The van der Waals surface area contributed by atoms with Gasteiger partial charge in [-0.15, -0.1) is 11.8 Å². The molecular weight excluding hydrogens is 372 g/mol. The van der Waals surface area contributed by atoms with E-state index in [4.69, 9.17) is 4.74 Å². The van der Waals surface area contributed by atoms with E-state index in [-0.39, 0.29) is 17.9 Å². The minimum absolute atomic E-state index is 0.0875. The molecule has 6 heteroatoms. The summed E-state index contributed by atoms with van der Waals surface area (Å²) in [6.07, 6.45) is 2.47. The van der Waals surface area contributed by atoms with Crippen LogP contribution in [0.2, 0.25) is 0 Å². The number of para-hydroxylation sites is 1. The molecule has 0 saturated carbocycles. The number of carbonyl (C=O) groups is 2. The molecule has 148 valence electrons. The molecule has 0 radical (unpaired) electrons. The van der Waals surface area contributed by atoms with Crippen LogP contribution in [0.1, 0.15) is 35.2 Å². The Morgan fingerprint density at radius 1 is 1.14 bits per heavy atom. The number of carbonyl (C=O) groups excluding carboxylic acids is 2. The van der Waals surface area contributed by atoms with Gasteiger partial charge in [0.25, 0.3) is 5.91 Å². The largest absolute Gasteiger partial charge is 0.376 e. The molecule has 1 aliphatic rings. The molecule has 2 N–H and O–H groups in total. The van der Waals surface area contributed by atoms with Crippen LogP contribution in [0.25, 0.3) is 0 Å². The molecule has 5 nitrogen and oxygen atoms in total. The first-order valence-electron chi connectivity index (χ1n) is 9.60. The molecule has 1 fully saturated rings. The van der Waals surface area contributed by atoms with E-state index in [0.717, 1.165) is 24.3 Å². The van der Waals surface area contributed by atoms with Crippen LogP contribution in [-0.2, 0) is 9.53 Å². The second-order valence-electron chi connectivity index (χ2n) is 6.85. The molecule has 28 heavy (non-hydrogen) atoms. The molecule has 1 unspecified atom stereocenters. The maximum Gasteiger partial charge on any atom is 0.253 e. The van der Waals surface area contributed by atoms with Crippen molar-refractivity contribution < 1.29 is 14.3 Å². The summed E-state index contributed by atoms with van der Waals surface area (Å²) in [6, 6.07) is 15.3. The van der Waals surface area contributed by atoms with Crippen molar-refractivity contribution in [3.63, 3.8) is 0 Å². The van der Waals surface area contributed by atoms with Gasteiger partial charge in [-0.25, -0.2) is 0 Å².